The highest BCUT2D eigenvalue weighted by Crippen LogP contribution is 2.26. The van der Waals surface area contributed by atoms with E-state index in [1.165, 1.54) is 13.0 Å². The van der Waals surface area contributed by atoms with E-state index in [9.17, 15) is 70.6 Å². The van der Waals surface area contributed by atoms with Gasteiger partial charge in [0.2, 0.25) is 0 Å². The van der Waals surface area contributed by atoms with Crippen LogP contribution < -0.4 is 5.73 Å². The number of hydrogen-bond donors (Lipinski definition) is 12. The Labute approximate surface area is 381 Å². The molecule has 2 rings (SSSR count). The van der Waals surface area contributed by atoms with Crippen molar-refractivity contribution < 1.29 is 84.8 Å². The Hall–Kier alpha value is -3.47. The van der Waals surface area contributed by atoms with Gasteiger partial charge >= 0.3 is 11.9 Å². The van der Waals surface area contributed by atoms with Crippen LogP contribution in [-0.2, 0) is 28.6 Å². The molecule has 0 aromatic carbocycles. The van der Waals surface area contributed by atoms with Gasteiger partial charge in [-0.2, -0.15) is 0 Å². The minimum absolute atomic E-state index is 0.144. The van der Waals surface area contributed by atoms with Crippen molar-refractivity contribution >= 4 is 17.7 Å². The maximum Gasteiger partial charge on any atom is 0.311 e. The quantitative estimate of drug-likeness (QED) is 0.174. The maximum absolute atomic E-state index is 12.9. The Kier molecular flexibility index (Phi) is 26.6. The summed E-state index contributed by atoms with van der Waals surface area (Å²) in [7, 11) is 0. The Morgan fingerprint density at radius 1 is 0.615 bits per heavy atom. The minimum atomic E-state index is -1.95. The number of carboxylic acids is 1. The standard InChI is InChI=1S/C47H75NO17/c1-27-17-15-13-11-9-7-5-6-8-10-12-14-16-18-35(65-47-45(60)42(48)44(59)30(4)64-47)26-39(56)41(46(61)62)38(55)24-34(52)23-37(54)36(53)20-19-31(49)21-32(50)22-33(51)25-40(57)63-29(3)28(2)43(27)58/h5-6,8,10-18,27-33,35-39,41-45,47,49-51,53-56,58-60H,7,9,19-26,48H2,1-4H3,(H,61,62)/b6-5+,10-8+,13-11+,14-12+,17-15-,18-16+/t27-,28-,29-,30-,31+,32+,33+,35+,36-,37+,38-,39+,41-,42+,43-,44+,45+,47+/m1/s1. The first-order valence-corrected chi connectivity index (χ1v) is 22.4. The number of rotatable bonds is 3. The average molecular weight is 926 g/mol. The average Bonchev–Trinajstić information content (AvgIpc) is 3.22. The zero-order valence-electron chi connectivity index (χ0n) is 37.8. The number of hydrogen-bond acceptors (Lipinski definition) is 17. The Morgan fingerprint density at radius 3 is 1.83 bits per heavy atom. The Morgan fingerprint density at radius 2 is 1.18 bits per heavy atom. The lowest BCUT2D eigenvalue weighted by atomic mass is 9.88. The molecule has 0 saturated carbocycles. The van der Waals surface area contributed by atoms with Crippen LogP contribution in [0.5, 0.6) is 0 Å². The third-order valence-electron chi connectivity index (χ3n) is 11.7. The number of Topliss-reactive ketones (excluding diaryl/α,β-unsaturated/α-hetero) is 1. The fourth-order valence-electron chi connectivity index (χ4n) is 7.45. The SMILES string of the molecule is C[C@H]1[C@H](O)[C@H](C)/C=C\C=C\CC/C=C/C=C/C=C/C=C/[C@H](O[C@@H]2O[C@H](C)[C@H](O)[C@H](N)[C@@H]2O)C[C@H](O)[C@H](C(=O)O)[C@H](O)CC(=O)C[C@H](O)[C@H](O)CC[C@H](O)C[C@H](O)C[C@H](O)CC(=O)O[C@@H]1C. The molecule has 0 aliphatic carbocycles. The fraction of sp³-hybridized carbons (Fsp3) is 0.681. The summed E-state index contributed by atoms with van der Waals surface area (Å²) in [4.78, 5) is 37.8. The van der Waals surface area contributed by atoms with Gasteiger partial charge in [-0.05, 0) is 52.4 Å². The van der Waals surface area contributed by atoms with Gasteiger partial charge in [0, 0.05) is 31.1 Å². The number of ether oxygens (including phenoxy) is 3. The molecule has 0 aromatic heterocycles. The Bertz CT molecular complexity index is 1600. The minimum Gasteiger partial charge on any atom is -0.481 e. The lowest BCUT2D eigenvalue weighted by Crippen LogP contribution is -2.61. The van der Waals surface area contributed by atoms with Gasteiger partial charge in [0.05, 0.1) is 79.6 Å². The van der Waals surface area contributed by atoms with Gasteiger partial charge in [-0.25, -0.2) is 0 Å². The molecule has 2 aliphatic heterocycles. The molecule has 65 heavy (non-hydrogen) atoms. The van der Waals surface area contributed by atoms with Crippen molar-refractivity contribution in [2.24, 2.45) is 23.5 Å². The Balaban J connectivity index is 2.26. The largest absolute Gasteiger partial charge is 0.481 e. The van der Waals surface area contributed by atoms with Gasteiger partial charge in [0.15, 0.2) is 6.29 Å². The monoisotopic (exact) mass is 926 g/mol. The highest BCUT2D eigenvalue weighted by atomic mass is 16.7. The van der Waals surface area contributed by atoms with Crippen LogP contribution in [0.15, 0.2) is 72.9 Å². The number of ketones is 1. The van der Waals surface area contributed by atoms with Crippen LogP contribution in [-0.4, -0.2) is 166 Å². The van der Waals surface area contributed by atoms with Crippen molar-refractivity contribution in [3.8, 4) is 0 Å². The van der Waals surface area contributed by atoms with E-state index in [1.54, 1.807) is 44.2 Å². The normalized spacial score (nSPS) is 42.5. The summed E-state index contributed by atoms with van der Waals surface area (Å²) in [6.07, 6.45) is 0.848. The van der Waals surface area contributed by atoms with Crippen LogP contribution in [0.2, 0.25) is 0 Å². The molecule has 2 aliphatic rings. The number of carbonyl (C=O) groups excluding carboxylic acids is 2. The van der Waals surface area contributed by atoms with Crippen LogP contribution in [0.4, 0.5) is 0 Å². The van der Waals surface area contributed by atoms with Gasteiger partial charge in [0.25, 0.3) is 0 Å². The number of allylic oxidation sites excluding steroid dienone is 10. The molecule has 2 heterocycles. The first-order chi connectivity index (χ1) is 30.6. The van der Waals surface area contributed by atoms with E-state index in [-0.39, 0.29) is 31.6 Å². The van der Waals surface area contributed by atoms with Crippen molar-refractivity contribution in [1.82, 2.24) is 0 Å². The molecular formula is C47H75NO17. The number of nitrogens with two attached hydrogens (primary N) is 1. The summed E-state index contributed by atoms with van der Waals surface area (Å²) >= 11 is 0. The number of aliphatic carboxylic acids is 1. The molecule has 1 saturated heterocycles. The summed E-state index contributed by atoms with van der Waals surface area (Å²) in [6.45, 7) is 6.73. The first-order valence-electron chi connectivity index (χ1n) is 22.4. The van der Waals surface area contributed by atoms with Crippen LogP contribution in [0.1, 0.15) is 91.9 Å². The van der Waals surface area contributed by atoms with Crippen molar-refractivity contribution in [3.63, 3.8) is 0 Å². The molecule has 0 aromatic rings. The molecule has 1 fully saturated rings. The third-order valence-corrected chi connectivity index (χ3v) is 11.7. The number of carboxylic acid groups (broad SMARTS) is 1. The number of aliphatic hydroxyl groups excluding tert-OH is 10. The molecule has 18 heteroatoms. The summed E-state index contributed by atoms with van der Waals surface area (Å²) < 4.78 is 17.0. The van der Waals surface area contributed by atoms with Crippen molar-refractivity contribution in [3.05, 3.63) is 72.9 Å². The molecule has 370 valence electrons. The second kappa shape index (κ2) is 30.0. The summed E-state index contributed by atoms with van der Waals surface area (Å²) in [6, 6.07) is -1.15. The van der Waals surface area contributed by atoms with Crippen molar-refractivity contribution in [1.29, 1.82) is 0 Å². The summed E-state index contributed by atoms with van der Waals surface area (Å²) in [5.41, 5.74) is 5.96. The van der Waals surface area contributed by atoms with E-state index >= 15 is 0 Å². The molecule has 13 N–H and O–H groups in total. The molecule has 0 spiro atoms. The lowest BCUT2D eigenvalue weighted by Gasteiger charge is -2.41. The van der Waals surface area contributed by atoms with Gasteiger partial charge in [0.1, 0.15) is 23.9 Å². The predicted molar refractivity (Wildman–Crippen MR) is 238 cm³/mol. The summed E-state index contributed by atoms with van der Waals surface area (Å²) in [5.74, 6) is -5.88. The summed E-state index contributed by atoms with van der Waals surface area (Å²) in [5, 5.41) is 116. The van der Waals surface area contributed by atoms with E-state index in [0.717, 1.165) is 12.8 Å². The van der Waals surface area contributed by atoms with Crippen molar-refractivity contribution in [2.75, 3.05) is 0 Å². The lowest BCUT2D eigenvalue weighted by molar-refractivity contribution is -0.277. The van der Waals surface area contributed by atoms with Crippen LogP contribution in [0.25, 0.3) is 0 Å². The smallest absolute Gasteiger partial charge is 0.311 e. The van der Waals surface area contributed by atoms with Gasteiger partial charge in [-0.1, -0.05) is 86.8 Å². The fourth-order valence-corrected chi connectivity index (χ4v) is 7.45. The van der Waals surface area contributed by atoms with Gasteiger partial charge in [-0.3, -0.25) is 14.4 Å². The second-order valence-corrected chi connectivity index (χ2v) is 17.4. The highest BCUT2D eigenvalue weighted by Gasteiger charge is 2.43. The van der Waals surface area contributed by atoms with E-state index in [0.29, 0.717) is 0 Å². The molecule has 0 bridgehead atoms. The molecular weight excluding hydrogens is 851 g/mol. The maximum atomic E-state index is 12.9. The van der Waals surface area contributed by atoms with E-state index < -0.39 is 147 Å². The highest BCUT2D eigenvalue weighted by molar-refractivity contribution is 5.81. The third kappa shape index (κ3) is 21.4. The van der Waals surface area contributed by atoms with Crippen molar-refractivity contribution in [2.45, 2.75) is 184 Å². The number of esters is 1. The molecule has 0 unspecified atom stereocenters. The zero-order chi connectivity index (χ0) is 48.8. The van der Waals surface area contributed by atoms with Gasteiger partial charge < -0.3 is 76.1 Å². The van der Waals surface area contributed by atoms with Crippen LogP contribution in [0.3, 0.4) is 0 Å². The number of aliphatic hydroxyl groups is 10. The van der Waals surface area contributed by atoms with E-state index in [4.69, 9.17) is 19.9 Å². The molecule has 0 radical (unpaired) electrons. The zero-order valence-corrected chi connectivity index (χ0v) is 37.8. The van der Waals surface area contributed by atoms with Crippen LogP contribution >= 0.6 is 0 Å². The van der Waals surface area contributed by atoms with Crippen LogP contribution in [0, 0.1) is 17.8 Å². The number of cyclic esters (lactones) is 1. The number of carbonyl (C=O) groups is 3. The molecule has 0 amide bonds. The predicted octanol–water partition coefficient (Wildman–Crippen LogP) is 0.778. The van der Waals surface area contributed by atoms with E-state index in [2.05, 4.69) is 0 Å². The molecule has 18 nitrogen and oxygen atoms in total. The van der Waals surface area contributed by atoms with E-state index in [1.807, 2.05) is 43.4 Å². The second-order valence-electron chi connectivity index (χ2n) is 17.4. The van der Waals surface area contributed by atoms with Gasteiger partial charge in [-0.15, -0.1) is 0 Å². The molecule has 18 atom stereocenters. The first kappa shape index (κ1) is 57.7. The topological polar surface area (TPSA) is 327 Å².